The third kappa shape index (κ3) is 2.67. The van der Waals surface area contributed by atoms with Crippen molar-refractivity contribution in [2.24, 2.45) is 5.92 Å². The fourth-order valence-corrected chi connectivity index (χ4v) is 3.62. The maximum Gasteiger partial charge on any atom is 0.312 e. The number of hydrogen-bond acceptors (Lipinski definition) is 4. The smallest absolute Gasteiger partial charge is 0.312 e. The predicted octanol–water partition coefficient (Wildman–Crippen LogP) is 1.63. The van der Waals surface area contributed by atoms with Gasteiger partial charge in [-0.3, -0.25) is 14.7 Å². The summed E-state index contributed by atoms with van der Waals surface area (Å²) in [5.74, 6) is -1.89. The van der Waals surface area contributed by atoms with Gasteiger partial charge in [-0.25, -0.2) is 0 Å². The average Bonchev–Trinajstić information content (AvgIpc) is 2.86. The van der Waals surface area contributed by atoms with Gasteiger partial charge in [0.2, 0.25) is 0 Å². The number of ether oxygens (including phenoxy) is 1. The molecule has 1 aliphatic carbocycles. The molecule has 0 saturated carbocycles. The number of nitrogens with one attached hydrogen (secondary N) is 2. The highest BCUT2D eigenvalue weighted by Gasteiger charge is 2.51. The van der Waals surface area contributed by atoms with Crippen LogP contribution in [0.15, 0.2) is 29.1 Å². The molecule has 3 rings (SSSR count). The molecule has 0 spiro atoms. The lowest BCUT2D eigenvalue weighted by Crippen LogP contribution is -2.50. The molecule has 1 aromatic carbocycles. The number of H-pyrrole nitrogens is 2. The Morgan fingerprint density at radius 3 is 2.62 bits per heavy atom. The van der Waals surface area contributed by atoms with Crippen LogP contribution in [0.4, 0.5) is 0 Å². The average molecular weight is 330 g/mol. The molecule has 0 aliphatic heterocycles. The van der Waals surface area contributed by atoms with Crippen molar-refractivity contribution in [3.63, 3.8) is 0 Å². The zero-order valence-corrected chi connectivity index (χ0v) is 14.1. The van der Waals surface area contributed by atoms with Crippen LogP contribution in [0.2, 0.25) is 0 Å². The van der Waals surface area contributed by atoms with E-state index in [1.54, 1.807) is 13.8 Å². The summed E-state index contributed by atoms with van der Waals surface area (Å²) in [6, 6.07) is 7.65. The normalized spacial score (nSPS) is 26.0. The maximum absolute atomic E-state index is 12.6. The number of aromatic nitrogens is 2. The molecule has 0 saturated heterocycles. The topological polar surface area (TPSA) is 95.2 Å². The molecule has 0 fully saturated rings. The molecule has 6 nitrogen and oxygen atoms in total. The zero-order chi connectivity index (χ0) is 17.5. The van der Waals surface area contributed by atoms with E-state index in [2.05, 4.69) is 10.2 Å². The number of carbonyl (C=O) groups is 1. The standard InChI is InChI=1S/C18H22N2O4/c1-4-24-17(22)15-13(11-7-5-10(2)6-8-11)14-12(9-18(15,3)23)19-20-16(14)21/h5-8,13,15,23H,4,9H2,1-3H3,(H2,19,20,21)/t13-,15-,18+/m0/s1. The van der Waals surface area contributed by atoms with Gasteiger partial charge in [0, 0.05) is 23.6 Å². The third-order valence-electron chi connectivity index (χ3n) is 4.72. The van der Waals surface area contributed by atoms with E-state index in [1.165, 1.54) is 0 Å². The second-order valence-electron chi connectivity index (χ2n) is 6.62. The van der Waals surface area contributed by atoms with Crippen LogP contribution in [0, 0.1) is 12.8 Å². The van der Waals surface area contributed by atoms with Crippen molar-refractivity contribution in [1.82, 2.24) is 10.2 Å². The van der Waals surface area contributed by atoms with Crippen LogP contribution in [0.1, 0.15) is 42.1 Å². The zero-order valence-electron chi connectivity index (χ0n) is 14.1. The molecule has 1 heterocycles. The summed E-state index contributed by atoms with van der Waals surface area (Å²) in [7, 11) is 0. The largest absolute Gasteiger partial charge is 0.466 e. The minimum absolute atomic E-state index is 0.187. The molecule has 3 atom stereocenters. The van der Waals surface area contributed by atoms with Crippen LogP contribution in [-0.4, -0.2) is 33.5 Å². The third-order valence-corrected chi connectivity index (χ3v) is 4.72. The van der Waals surface area contributed by atoms with E-state index in [9.17, 15) is 14.7 Å². The molecule has 128 valence electrons. The van der Waals surface area contributed by atoms with Crippen LogP contribution in [0.3, 0.4) is 0 Å². The Morgan fingerprint density at radius 1 is 1.33 bits per heavy atom. The number of fused-ring (bicyclic) bond motifs is 1. The van der Waals surface area contributed by atoms with Gasteiger partial charge in [0.05, 0.1) is 18.1 Å². The second kappa shape index (κ2) is 5.94. The van der Waals surface area contributed by atoms with E-state index in [1.807, 2.05) is 31.2 Å². The predicted molar refractivity (Wildman–Crippen MR) is 88.9 cm³/mol. The molecular weight excluding hydrogens is 308 g/mol. The van der Waals surface area contributed by atoms with E-state index >= 15 is 0 Å². The molecule has 0 radical (unpaired) electrons. The SMILES string of the molecule is CCOC(=O)[C@@H]1[C@@H](c2ccc(C)cc2)c2c([nH][nH]c2=O)C[C@@]1(C)O. The van der Waals surface area contributed by atoms with Gasteiger partial charge in [-0.05, 0) is 26.3 Å². The monoisotopic (exact) mass is 330 g/mol. The second-order valence-corrected chi connectivity index (χ2v) is 6.62. The van der Waals surface area contributed by atoms with E-state index < -0.39 is 23.4 Å². The lowest BCUT2D eigenvalue weighted by atomic mass is 9.66. The van der Waals surface area contributed by atoms with Crippen LogP contribution in [0.25, 0.3) is 0 Å². The molecular formula is C18H22N2O4. The number of hydrogen-bond donors (Lipinski definition) is 3. The first-order valence-corrected chi connectivity index (χ1v) is 8.10. The highest BCUT2D eigenvalue weighted by Crippen LogP contribution is 2.44. The Bertz CT molecular complexity index is 801. The van der Waals surface area contributed by atoms with Gasteiger partial charge in [-0.15, -0.1) is 0 Å². The lowest BCUT2D eigenvalue weighted by molar-refractivity contribution is -0.159. The molecule has 2 aromatic rings. The van der Waals surface area contributed by atoms with Crippen LogP contribution >= 0.6 is 0 Å². The van der Waals surface area contributed by atoms with E-state index in [0.717, 1.165) is 11.1 Å². The summed E-state index contributed by atoms with van der Waals surface area (Å²) < 4.78 is 5.20. The first kappa shape index (κ1) is 16.5. The number of carbonyl (C=O) groups excluding carboxylic acids is 1. The van der Waals surface area contributed by atoms with Gasteiger partial charge in [0.1, 0.15) is 0 Å². The number of rotatable bonds is 3. The minimum atomic E-state index is -1.32. The van der Waals surface area contributed by atoms with Crippen molar-refractivity contribution in [2.45, 2.75) is 38.7 Å². The van der Waals surface area contributed by atoms with Crippen molar-refractivity contribution >= 4 is 5.97 Å². The van der Waals surface area contributed by atoms with Crippen LogP contribution in [0.5, 0.6) is 0 Å². The van der Waals surface area contributed by atoms with Gasteiger partial charge >= 0.3 is 5.97 Å². The quantitative estimate of drug-likeness (QED) is 0.746. The first-order chi connectivity index (χ1) is 11.3. The summed E-state index contributed by atoms with van der Waals surface area (Å²) in [6.45, 7) is 5.54. The van der Waals surface area contributed by atoms with Crippen LogP contribution < -0.4 is 5.56 Å². The molecule has 0 amide bonds. The van der Waals surface area contributed by atoms with E-state index in [4.69, 9.17) is 4.74 Å². The van der Waals surface area contributed by atoms with Crippen molar-refractivity contribution < 1.29 is 14.6 Å². The summed E-state index contributed by atoms with van der Waals surface area (Å²) in [6.07, 6.45) is 0.187. The van der Waals surface area contributed by atoms with E-state index in [0.29, 0.717) is 11.3 Å². The number of aliphatic hydroxyl groups is 1. The Hall–Kier alpha value is -2.34. The highest BCUT2D eigenvalue weighted by atomic mass is 16.5. The summed E-state index contributed by atoms with van der Waals surface area (Å²) in [4.78, 5) is 24.9. The molecule has 3 N–H and O–H groups in total. The molecule has 0 unspecified atom stereocenters. The van der Waals surface area contributed by atoms with Crippen molar-refractivity contribution in [3.8, 4) is 0 Å². The van der Waals surface area contributed by atoms with Crippen molar-refractivity contribution in [1.29, 1.82) is 0 Å². The molecule has 24 heavy (non-hydrogen) atoms. The van der Waals surface area contributed by atoms with Gasteiger partial charge in [-0.1, -0.05) is 29.8 Å². The van der Waals surface area contributed by atoms with Gasteiger partial charge in [0.15, 0.2) is 0 Å². The molecule has 6 heteroatoms. The summed E-state index contributed by atoms with van der Waals surface area (Å²) in [5.41, 5.74) is 1.45. The number of aryl methyl sites for hydroxylation is 1. The fourth-order valence-electron chi connectivity index (χ4n) is 3.62. The van der Waals surface area contributed by atoms with Gasteiger partial charge in [0.25, 0.3) is 5.56 Å². The Balaban J connectivity index is 2.20. The first-order valence-electron chi connectivity index (χ1n) is 8.10. The number of aromatic amines is 2. The Morgan fingerprint density at radius 2 is 2.00 bits per heavy atom. The Labute approximate surface area is 139 Å². The number of benzene rings is 1. The lowest BCUT2D eigenvalue weighted by Gasteiger charge is -2.40. The fraction of sp³-hybridized carbons (Fsp3) is 0.444. The van der Waals surface area contributed by atoms with Gasteiger partial charge < -0.3 is 14.9 Å². The van der Waals surface area contributed by atoms with Gasteiger partial charge in [-0.2, -0.15) is 0 Å². The minimum Gasteiger partial charge on any atom is -0.466 e. The van der Waals surface area contributed by atoms with Crippen molar-refractivity contribution in [2.75, 3.05) is 6.61 Å². The summed E-state index contributed by atoms with van der Waals surface area (Å²) >= 11 is 0. The van der Waals surface area contributed by atoms with Crippen LogP contribution in [-0.2, 0) is 16.0 Å². The van der Waals surface area contributed by atoms with E-state index in [-0.39, 0.29) is 18.6 Å². The van der Waals surface area contributed by atoms with Crippen molar-refractivity contribution in [3.05, 3.63) is 57.0 Å². The summed E-state index contributed by atoms with van der Waals surface area (Å²) in [5, 5.41) is 16.3. The Kier molecular flexibility index (Phi) is 4.09. The highest BCUT2D eigenvalue weighted by molar-refractivity contribution is 5.77. The molecule has 1 aliphatic rings. The number of esters is 1. The molecule has 1 aromatic heterocycles. The molecule has 0 bridgehead atoms. The maximum atomic E-state index is 12.6.